The maximum Gasteiger partial charge on any atom is 0.228 e. The van der Waals surface area contributed by atoms with Crippen LogP contribution in [0.1, 0.15) is 22.9 Å². The first-order valence-electron chi connectivity index (χ1n) is 15.1. The van der Waals surface area contributed by atoms with Crippen LogP contribution >= 0.6 is 0 Å². The standard InChI is InChI=1S/C40H26N4O/c1-2-11-27(12-3-1)37-42-38(31-20-18-26-10-5-7-14-29(26)24-31)44-39(43-37)34-21-22-41-40-35(34)33-16-8-15-32(36(33)45-40)30-19-17-25-9-4-6-13-28(25)23-30/h1-24,37H,(H,42,43,44). The summed E-state index contributed by atoms with van der Waals surface area (Å²) in [6.45, 7) is 0. The Morgan fingerprint density at radius 2 is 1.27 bits per heavy atom. The quantitative estimate of drug-likeness (QED) is 0.226. The molecule has 1 aliphatic heterocycles. The molecule has 0 saturated heterocycles. The largest absolute Gasteiger partial charge is 0.437 e. The first-order valence-corrected chi connectivity index (χ1v) is 15.1. The molecule has 2 aromatic heterocycles. The predicted molar refractivity (Wildman–Crippen MR) is 184 cm³/mol. The highest BCUT2D eigenvalue weighted by Gasteiger charge is 2.24. The number of hydrogen-bond acceptors (Lipinski definition) is 5. The molecule has 5 nitrogen and oxygen atoms in total. The Morgan fingerprint density at radius 3 is 2.04 bits per heavy atom. The molecule has 0 bridgehead atoms. The third-order valence-electron chi connectivity index (χ3n) is 8.58. The summed E-state index contributed by atoms with van der Waals surface area (Å²) < 4.78 is 6.52. The lowest BCUT2D eigenvalue weighted by Gasteiger charge is -2.24. The van der Waals surface area contributed by atoms with Crippen molar-refractivity contribution >= 4 is 55.3 Å². The van der Waals surface area contributed by atoms with Crippen molar-refractivity contribution in [3.8, 4) is 11.1 Å². The smallest absolute Gasteiger partial charge is 0.228 e. The number of furan rings is 1. The molecule has 0 amide bonds. The fraction of sp³-hybridized carbons (Fsp3) is 0.0250. The number of aliphatic imine (C=N–C) groups is 2. The molecule has 0 radical (unpaired) electrons. The Morgan fingerprint density at radius 1 is 0.578 bits per heavy atom. The van der Waals surface area contributed by atoms with E-state index in [0.29, 0.717) is 11.5 Å². The fourth-order valence-corrected chi connectivity index (χ4v) is 6.35. The number of para-hydroxylation sites is 1. The molecule has 0 aliphatic carbocycles. The van der Waals surface area contributed by atoms with E-state index < -0.39 is 0 Å². The average Bonchev–Trinajstić information content (AvgIpc) is 3.51. The van der Waals surface area contributed by atoms with Gasteiger partial charge in [-0.3, -0.25) is 0 Å². The summed E-state index contributed by atoms with van der Waals surface area (Å²) in [6, 6.07) is 48.3. The SMILES string of the molecule is c1ccc(C2N=C(c3ccnc4oc5c(-c6ccc7ccccc7c6)cccc5c34)N=C(c3ccc4ccccc4c3)N2)cc1. The third kappa shape index (κ3) is 4.36. The van der Waals surface area contributed by atoms with Crippen LogP contribution in [0.4, 0.5) is 0 Å². The Labute approximate surface area is 259 Å². The summed E-state index contributed by atoms with van der Waals surface area (Å²) in [5.74, 6) is 1.41. The number of nitrogens with one attached hydrogen (secondary N) is 1. The summed E-state index contributed by atoms with van der Waals surface area (Å²) in [4.78, 5) is 15.0. The van der Waals surface area contributed by atoms with E-state index >= 15 is 0 Å². The van der Waals surface area contributed by atoms with Gasteiger partial charge >= 0.3 is 0 Å². The van der Waals surface area contributed by atoms with Gasteiger partial charge in [-0.2, -0.15) is 0 Å². The molecule has 5 heteroatoms. The number of pyridine rings is 1. The maximum atomic E-state index is 6.52. The van der Waals surface area contributed by atoms with Gasteiger partial charge < -0.3 is 9.73 Å². The Bertz CT molecular complexity index is 2470. The summed E-state index contributed by atoms with van der Waals surface area (Å²) in [6.07, 6.45) is 1.47. The van der Waals surface area contributed by atoms with Crippen molar-refractivity contribution in [2.24, 2.45) is 9.98 Å². The third-order valence-corrected chi connectivity index (χ3v) is 8.58. The molecule has 1 aliphatic rings. The van der Waals surface area contributed by atoms with Crippen LogP contribution in [0, 0.1) is 0 Å². The van der Waals surface area contributed by atoms with Crippen molar-refractivity contribution < 1.29 is 4.42 Å². The topological polar surface area (TPSA) is 62.8 Å². The zero-order valence-electron chi connectivity index (χ0n) is 24.2. The van der Waals surface area contributed by atoms with Crippen LogP contribution < -0.4 is 5.32 Å². The number of aromatic nitrogens is 1. The van der Waals surface area contributed by atoms with E-state index in [1.54, 1.807) is 6.20 Å². The number of rotatable bonds is 4. The molecule has 6 aromatic carbocycles. The molecule has 0 spiro atoms. The number of benzene rings is 6. The minimum Gasteiger partial charge on any atom is -0.437 e. The van der Waals surface area contributed by atoms with Crippen LogP contribution in [0.2, 0.25) is 0 Å². The minimum absolute atomic E-state index is 0.310. The number of amidine groups is 2. The van der Waals surface area contributed by atoms with E-state index in [2.05, 4.69) is 126 Å². The molecular formula is C40H26N4O. The molecule has 9 rings (SSSR count). The van der Waals surface area contributed by atoms with Crippen molar-refractivity contribution in [2.75, 3.05) is 0 Å². The highest BCUT2D eigenvalue weighted by atomic mass is 16.3. The van der Waals surface area contributed by atoms with Crippen molar-refractivity contribution in [3.05, 3.63) is 162 Å². The van der Waals surface area contributed by atoms with Gasteiger partial charge in [0.25, 0.3) is 0 Å². The lowest BCUT2D eigenvalue weighted by molar-refractivity contribution is 0.655. The van der Waals surface area contributed by atoms with Gasteiger partial charge in [0.1, 0.15) is 17.6 Å². The van der Waals surface area contributed by atoms with Crippen LogP contribution in [0.25, 0.3) is 54.7 Å². The Balaban J connectivity index is 1.23. The molecule has 8 aromatic rings. The van der Waals surface area contributed by atoms with Crippen LogP contribution in [0.5, 0.6) is 0 Å². The van der Waals surface area contributed by atoms with Gasteiger partial charge in [0.2, 0.25) is 5.71 Å². The maximum absolute atomic E-state index is 6.52. The van der Waals surface area contributed by atoms with Gasteiger partial charge in [-0.25, -0.2) is 15.0 Å². The summed E-state index contributed by atoms with van der Waals surface area (Å²) >= 11 is 0. The van der Waals surface area contributed by atoms with E-state index in [4.69, 9.17) is 14.4 Å². The van der Waals surface area contributed by atoms with Crippen LogP contribution in [0.3, 0.4) is 0 Å². The number of hydrogen-bond donors (Lipinski definition) is 1. The van der Waals surface area contributed by atoms with Gasteiger partial charge in [0.15, 0.2) is 5.84 Å². The second kappa shape index (κ2) is 10.3. The summed E-state index contributed by atoms with van der Waals surface area (Å²) in [5.41, 5.74) is 6.44. The molecule has 1 unspecified atom stereocenters. The van der Waals surface area contributed by atoms with Gasteiger partial charge in [-0.15, -0.1) is 0 Å². The van der Waals surface area contributed by atoms with Gasteiger partial charge in [0.05, 0.1) is 5.39 Å². The molecule has 0 saturated carbocycles. The number of nitrogens with zero attached hydrogens (tertiary/aromatic N) is 3. The lowest BCUT2D eigenvalue weighted by atomic mass is 9.98. The first-order chi connectivity index (χ1) is 22.3. The van der Waals surface area contributed by atoms with Gasteiger partial charge in [0, 0.05) is 28.3 Å². The molecule has 1 atom stereocenters. The van der Waals surface area contributed by atoms with E-state index in [-0.39, 0.29) is 6.17 Å². The first kappa shape index (κ1) is 25.4. The molecular weight excluding hydrogens is 552 g/mol. The second-order valence-electron chi connectivity index (χ2n) is 11.3. The molecule has 3 heterocycles. The second-order valence-corrected chi connectivity index (χ2v) is 11.3. The van der Waals surface area contributed by atoms with Crippen molar-refractivity contribution in [1.82, 2.24) is 10.3 Å². The molecule has 0 fully saturated rings. The lowest BCUT2D eigenvalue weighted by Crippen LogP contribution is -2.33. The number of fused-ring (bicyclic) bond motifs is 5. The summed E-state index contributed by atoms with van der Waals surface area (Å²) in [7, 11) is 0. The van der Waals surface area contributed by atoms with Crippen LogP contribution in [-0.4, -0.2) is 16.7 Å². The van der Waals surface area contributed by atoms with Crippen molar-refractivity contribution in [3.63, 3.8) is 0 Å². The van der Waals surface area contributed by atoms with E-state index in [1.165, 1.54) is 16.2 Å². The highest BCUT2D eigenvalue weighted by molar-refractivity contribution is 6.22. The molecule has 212 valence electrons. The Hall–Kier alpha value is -6.07. The van der Waals surface area contributed by atoms with Crippen LogP contribution in [0.15, 0.2) is 160 Å². The molecule has 1 N–H and O–H groups in total. The zero-order valence-corrected chi connectivity index (χ0v) is 24.2. The monoisotopic (exact) mass is 578 g/mol. The van der Waals surface area contributed by atoms with Gasteiger partial charge in [-0.1, -0.05) is 121 Å². The van der Waals surface area contributed by atoms with Crippen molar-refractivity contribution in [1.29, 1.82) is 0 Å². The normalized spacial score (nSPS) is 14.9. The van der Waals surface area contributed by atoms with Gasteiger partial charge in [-0.05, 0) is 50.9 Å². The molecule has 45 heavy (non-hydrogen) atoms. The zero-order chi connectivity index (χ0) is 29.7. The highest BCUT2D eigenvalue weighted by Crippen LogP contribution is 2.38. The van der Waals surface area contributed by atoms with E-state index in [1.807, 2.05) is 24.3 Å². The van der Waals surface area contributed by atoms with Crippen molar-refractivity contribution in [2.45, 2.75) is 6.17 Å². The summed E-state index contributed by atoms with van der Waals surface area (Å²) in [5, 5.41) is 10.2. The predicted octanol–water partition coefficient (Wildman–Crippen LogP) is 9.45. The van der Waals surface area contributed by atoms with Crippen LogP contribution in [-0.2, 0) is 0 Å². The fourth-order valence-electron chi connectivity index (χ4n) is 6.35. The van der Waals surface area contributed by atoms with E-state index in [0.717, 1.165) is 55.4 Å². The van der Waals surface area contributed by atoms with E-state index in [9.17, 15) is 0 Å². The minimum atomic E-state index is -0.310. The average molecular weight is 579 g/mol. The Kier molecular flexibility index (Phi) is 5.81.